The molecule has 0 spiro atoms. The number of anilines is 1. The lowest BCUT2D eigenvalue weighted by molar-refractivity contribution is 0.282. The van der Waals surface area contributed by atoms with E-state index in [0.29, 0.717) is 6.04 Å². The van der Waals surface area contributed by atoms with Crippen LogP contribution in [0.15, 0.2) is 30.3 Å². The number of benzene rings is 1. The van der Waals surface area contributed by atoms with E-state index in [-0.39, 0.29) is 6.61 Å². The normalized spacial score (nSPS) is 22.8. The summed E-state index contributed by atoms with van der Waals surface area (Å²) in [4.78, 5) is 4.66. The number of aliphatic hydroxyl groups excluding tert-OH is 1. The summed E-state index contributed by atoms with van der Waals surface area (Å²) in [6.07, 6.45) is 3.67. The zero-order valence-corrected chi connectivity index (χ0v) is 11.3. The number of hydrogen-bond donors (Lipinski definition) is 2. The number of aliphatic hydroxyl groups is 1. The zero-order valence-electron chi connectivity index (χ0n) is 11.3. The second-order valence-corrected chi connectivity index (χ2v) is 5.61. The number of aromatic nitrogens is 1. The molecule has 3 heteroatoms. The molecule has 0 radical (unpaired) electrons. The number of fused-ring (bicyclic) bond motifs is 1. The molecule has 1 aliphatic rings. The van der Waals surface area contributed by atoms with Crippen LogP contribution in [0.5, 0.6) is 0 Å². The molecule has 1 aromatic heterocycles. The molecule has 2 aromatic rings. The Kier molecular flexibility index (Phi) is 3.38. The SMILES string of the molecule is CC1CCC(Nc2nc3ccccc3cc2CO)C1. The molecule has 1 heterocycles. The van der Waals surface area contributed by atoms with Crippen molar-refractivity contribution in [1.82, 2.24) is 4.98 Å². The molecule has 0 amide bonds. The number of pyridine rings is 1. The second-order valence-electron chi connectivity index (χ2n) is 5.61. The zero-order chi connectivity index (χ0) is 13.2. The molecule has 3 rings (SSSR count). The Morgan fingerprint density at radius 1 is 1.32 bits per heavy atom. The fraction of sp³-hybridized carbons (Fsp3) is 0.438. The summed E-state index contributed by atoms with van der Waals surface area (Å²) in [6.45, 7) is 2.32. The highest BCUT2D eigenvalue weighted by molar-refractivity contribution is 5.81. The van der Waals surface area contributed by atoms with Crippen molar-refractivity contribution in [2.75, 3.05) is 5.32 Å². The summed E-state index contributed by atoms with van der Waals surface area (Å²) in [5, 5.41) is 14.1. The maximum Gasteiger partial charge on any atom is 0.132 e. The minimum absolute atomic E-state index is 0.0302. The Morgan fingerprint density at radius 2 is 2.16 bits per heavy atom. The van der Waals surface area contributed by atoms with Crippen molar-refractivity contribution in [2.24, 2.45) is 5.92 Å². The average molecular weight is 256 g/mol. The summed E-state index contributed by atoms with van der Waals surface area (Å²) < 4.78 is 0. The van der Waals surface area contributed by atoms with Gasteiger partial charge in [0.1, 0.15) is 5.82 Å². The highest BCUT2D eigenvalue weighted by atomic mass is 16.3. The molecular weight excluding hydrogens is 236 g/mol. The number of rotatable bonds is 3. The van der Waals surface area contributed by atoms with Gasteiger partial charge in [-0.15, -0.1) is 0 Å². The average Bonchev–Trinajstić information content (AvgIpc) is 2.83. The molecule has 1 fully saturated rings. The molecule has 0 bridgehead atoms. The third kappa shape index (κ3) is 2.56. The lowest BCUT2D eigenvalue weighted by Crippen LogP contribution is -2.17. The van der Waals surface area contributed by atoms with Crippen molar-refractivity contribution in [3.05, 3.63) is 35.9 Å². The highest BCUT2D eigenvalue weighted by Crippen LogP contribution is 2.29. The first-order valence-electron chi connectivity index (χ1n) is 7.02. The summed E-state index contributed by atoms with van der Waals surface area (Å²) in [7, 11) is 0. The Bertz CT molecular complexity index is 582. The van der Waals surface area contributed by atoms with E-state index in [1.165, 1.54) is 19.3 Å². The third-order valence-corrected chi connectivity index (χ3v) is 4.01. The van der Waals surface area contributed by atoms with Gasteiger partial charge in [-0.05, 0) is 37.3 Å². The van der Waals surface area contributed by atoms with Crippen LogP contribution in [0.4, 0.5) is 5.82 Å². The summed E-state index contributed by atoms with van der Waals surface area (Å²) >= 11 is 0. The fourth-order valence-electron chi connectivity index (χ4n) is 2.94. The largest absolute Gasteiger partial charge is 0.392 e. The van der Waals surface area contributed by atoms with E-state index in [1.54, 1.807) is 0 Å². The van der Waals surface area contributed by atoms with Gasteiger partial charge in [0.25, 0.3) is 0 Å². The van der Waals surface area contributed by atoms with Gasteiger partial charge in [-0.25, -0.2) is 4.98 Å². The van der Waals surface area contributed by atoms with Crippen LogP contribution in [0.1, 0.15) is 31.7 Å². The lowest BCUT2D eigenvalue weighted by atomic mass is 10.1. The molecule has 0 aliphatic heterocycles. The number of nitrogens with zero attached hydrogens (tertiary/aromatic N) is 1. The first-order chi connectivity index (χ1) is 9.26. The van der Waals surface area contributed by atoms with Gasteiger partial charge in [-0.1, -0.05) is 25.1 Å². The van der Waals surface area contributed by atoms with Gasteiger partial charge in [0.2, 0.25) is 0 Å². The predicted octanol–water partition coefficient (Wildman–Crippen LogP) is 3.33. The van der Waals surface area contributed by atoms with E-state index in [1.807, 2.05) is 30.3 Å². The van der Waals surface area contributed by atoms with Crippen LogP contribution in [0.3, 0.4) is 0 Å². The van der Waals surface area contributed by atoms with Crippen molar-refractivity contribution < 1.29 is 5.11 Å². The van der Waals surface area contributed by atoms with Gasteiger partial charge in [0.15, 0.2) is 0 Å². The Labute approximate surface area is 113 Å². The molecular formula is C16H20N2O. The standard InChI is InChI=1S/C16H20N2O/c1-11-6-7-14(8-11)17-16-13(10-19)9-12-4-2-3-5-15(12)18-16/h2-5,9,11,14,19H,6-8,10H2,1H3,(H,17,18). The Hall–Kier alpha value is -1.61. The van der Waals surface area contributed by atoms with Crippen molar-refractivity contribution in [3.8, 4) is 0 Å². The summed E-state index contributed by atoms with van der Waals surface area (Å²) in [5.41, 5.74) is 1.87. The van der Waals surface area contributed by atoms with Crippen LogP contribution >= 0.6 is 0 Å². The smallest absolute Gasteiger partial charge is 0.132 e. The molecule has 100 valence electrons. The monoisotopic (exact) mass is 256 g/mol. The van der Waals surface area contributed by atoms with Crippen LogP contribution in [0.25, 0.3) is 10.9 Å². The summed E-state index contributed by atoms with van der Waals surface area (Å²) in [6, 6.07) is 10.6. The topological polar surface area (TPSA) is 45.2 Å². The predicted molar refractivity (Wildman–Crippen MR) is 78.1 cm³/mol. The lowest BCUT2D eigenvalue weighted by Gasteiger charge is -2.16. The van der Waals surface area contributed by atoms with E-state index >= 15 is 0 Å². The third-order valence-electron chi connectivity index (χ3n) is 4.01. The quantitative estimate of drug-likeness (QED) is 0.885. The van der Waals surface area contributed by atoms with E-state index in [9.17, 15) is 5.11 Å². The first-order valence-corrected chi connectivity index (χ1v) is 7.02. The minimum atomic E-state index is 0.0302. The molecule has 19 heavy (non-hydrogen) atoms. The van der Waals surface area contributed by atoms with Gasteiger partial charge in [0.05, 0.1) is 12.1 Å². The Morgan fingerprint density at radius 3 is 2.89 bits per heavy atom. The molecule has 1 aromatic carbocycles. The fourth-order valence-corrected chi connectivity index (χ4v) is 2.94. The Balaban J connectivity index is 1.92. The van der Waals surface area contributed by atoms with Crippen molar-refractivity contribution in [1.29, 1.82) is 0 Å². The molecule has 1 aliphatic carbocycles. The highest BCUT2D eigenvalue weighted by Gasteiger charge is 2.22. The molecule has 2 N–H and O–H groups in total. The molecule has 3 nitrogen and oxygen atoms in total. The van der Waals surface area contributed by atoms with Crippen LogP contribution in [0, 0.1) is 5.92 Å². The second kappa shape index (κ2) is 5.17. The molecule has 2 unspecified atom stereocenters. The van der Waals surface area contributed by atoms with Crippen LogP contribution in [-0.2, 0) is 6.61 Å². The van der Waals surface area contributed by atoms with Gasteiger partial charge in [0, 0.05) is 17.0 Å². The number of hydrogen-bond acceptors (Lipinski definition) is 3. The van der Waals surface area contributed by atoms with E-state index in [0.717, 1.165) is 28.2 Å². The van der Waals surface area contributed by atoms with Crippen LogP contribution in [0.2, 0.25) is 0 Å². The van der Waals surface area contributed by atoms with Crippen LogP contribution < -0.4 is 5.32 Å². The van der Waals surface area contributed by atoms with Crippen molar-refractivity contribution >= 4 is 16.7 Å². The van der Waals surface area contributed by atoms with Crippen molar-refractivity contribution in [2.45, 2.75) is 38.8 Å². The van der Waals surface area contributed by atoms with Gasteiger partial charge in [-0.3, -0.25) is 0 Å². The number of para-hydroxylation sites is 1. The minimum Gasteiger partial charge on any atom is -0.392 e. The molecule has 0 saturated heterocycles. The van der Waals surface area contributed by atoms with E-state index < -0.39 is 0 Å². The maximum absolute atomic E-state index is 9.52. The number of nitrogens with one attached hydrogen (secondary N) is 1. The molecule has 2 atom stereocenters. The first kappa shape index (κ1) is 12.4. The maximum atomic E-state index is 9.52. The molecule has 1 saturated carbocycles. The van der Waals surface area contributed by atoms with Gasteiger partial charge >= 0.3 is 0 Å². The van der Waals surface area contributed by atoms with E-state index in [2.05, 4.69) is 17.2 Å². The van der Waals surface area contributed by atoms with Crippen LogP contribution in [-0.4, -0.2) is 16.1 Å². The van der Waals surface area contributed by atoms with Gasteiger partial charge < -0.3 is 10.4 Å². The summed E-state index contributed by atoms with van der Waals surface area (Å²) in [5.74, 6) is 1.64. The van der Waals surface area contributed by atoms with Crippen molar-refractivity contribution in [3.63, 3.8) is 0 Å². The van der Waals surface area contributed by atoms with E-state index in [4.69, 9.17) is 0 Å². The van der Waals surface area contributed by atoms with Gasteiger partial charge in [-0.2, -0.15) is 0 Å².